The SMILES string of the molecule is CC(NC(=O)C1CCCC(C(=O)O)C1)c1ccc(S(C)(=O)=O)c(F)c1. The van der Waals surface area contributed by atoms with E-state index < -0.39 is 33.6 Å². The average Bonchev–Trinajstić information content (AvgIpc) is 2.53. The number of carboxylic acid groups (broad SMARTS) is 1. The van der Waals surface area contributed by atoms with Crippen molar-refractivity contribution in [2.24, 2.45) is 11.8 Å². The fraction of sp³-hybridized carbons (Fsp3) is 0.529. The standard InChI is InChI=1S/C17H22FNO5S/c1-10(11-6-7-15(14(18)9-11)25(2,23)24)19-16(20)12-4-3-5-13(8-12)17(21)22/h6-7,9-10,12-13H,3-5,8H2,1-2H3,(H,19,20)(H,21,22). The molecule has 0 heterocycles. The van der Waals surface area contributed by atoms with Gasteiger partial charge < -0.3 is 10.4 Å². The predicted octanol–water partition coefficient (Wildman–Crippen LogP) is 2.30. The van der Waals surface area contributed by atoms with Crippen LogP contribution >= 0.6 is 0 Å². The lowest BCUT2D eigenvalue weighted by Gasteiger charge is -2.27. The van der Waals surface area contributed by atoms with Crippen molar-refractivity contribution < 1.29 is 27.5 Å². The minimum absolute atomic E-state index is 0.258. The Bertz CT molecular complexity index is 777. The van der Waals surface area contributed by atoms with E-state index in [0.29, 0.717) is 31.2 Å². The number of aliphatic carboxylic acids is 1. The van der Waals surface area contributed by atoms with E-state index in [1.54, 1.807) is 6.92 Å². The third-order valence-electron chi connectivity index (χ3n) is 4.61. The minimum atomic E-state index is -3.65. The maximum absolute atomic E-state index is 14.0. The Balaban J connectivity index is 2.06. The second kappa shape index (κ2) is 7.51. The van der Waals surface area contributed by atoms with Gasteiger partial charge in [-0.1, -0.05) is 12.5 Å². The molecule has 0 aliphatic heterocycles. The highest BCUT2D eigenvalue weighted by Gasteiger charge is 2.31. The number of carbonyl (C=O) groups excluding carboxylic acids is 1. The first kappa shape index (κ1) is 19.4. The van der Waals surface area contributed by atoms with E-state index in [0.717, 1.165) is 12.3 Å². The van der Waals surface area contributed by atoms with Crippen LogP contribution in [0.15, 0.2) is 23.1 Å². The topological polar surface area (TPSA) is 101 Å². The van der Waals surface area contributed by atoms with Crippen LogP contribution in [-0.2, 0) is 19.4 Å². The van der Waals surface area contributed by atoms with Crippen LogP contribution in [0.3, 0.4) is 0 Å². The summed E-state index contributed by atoms with van der Waals surface area (Å²) >= 11 is 0. The Kier molecular flexibility index (Phi) is 5.82. The molecule has 1 aromatic rings. The third kappa shape index (κ3) is 4.78. The van der Waals surface area contributed by atoms with Crippen LogP contribution in [-0.4, -0.2) is 31.7 Å². The van der Waals surface area contributed by atoms with Crippen molar-refractivity contribution >= 4 is 21.7 Å². The Morgan fingerprint density at radius 1 is 1.28 bits per heavy atom. The van der Waals surface area contributed by atoms with E-state index in [2.05, 4.69) is 5.32 Å². The quantitative estimate of drug-likeness (QED) is 0.827. The van der Waals surface area contributed by atoms with Crippen LogP contribution in [0, 0.1) is 17.7 Å². The first-order chi connectivity index (χ1) is 11.6. The van der Waals surface area contributed by atoms with Crippen molar-refractivity contribution in [2.45, 2.75) is 43.5 Å². The fourth-order valence-electron chi connectivity index (χ4n) is 3.15. The summed E-state index contributed by atoms with van der Waals surface area (Å²) in [5.41, 5.74) is 0.448. The van der Waals surface area contributed by atoms with Gasteiger partial charge in [0, 0.05) is 12.2 Å². The van der Waals surface area contributed by atoms with E-state index in [1.165, 1.54) is 12.1 Å². The number of rotatable bonds is 5. The lowest BCUT2D eigenvalue weighted by atomic mass is 9.81. The molecule has 0 saturated heterocycles. The molecule has 1 fully saturated rings. The summed E-state index contributed by atoms with van der Waals surface area (Å²) < 4.78 is 36.9. The summed E-state index contributed by atoms with van der Waals surface area (Å²) in [6, 6.07) is 3.23. The number of hydrogen-bond donors (Lipinski definition) is 2. The lowest BCUT2D eigenvalue weighted by molar-refractivity contribution is -0.144. The number of benzene rings is 1. The van der Waals surface area contributed by atoms with Gasteiger partial charge in [0.25, 0.3) is 0 Å². The molecule has 6 nitrogen and oxygen atoms in total. The average molecular weight is 371 g/mol. The highest BCUT2D eigenvalue weighted by molar-refractivity contribution is 7.90. The summed E-state index contributed by atoms with van der Waals surface area (Å²) in [5.74, 6) is -2.89. The molecule has 1 aromatic carbocycles. The van der Waals surface area contributed by atoms with Gasteiger partial charge in [-0.3, -0.25) is 9.59 Å². The smallest absolute Gasteiger partial charge is 0.306 e. The fourth-order valence-corrected chi connectivity index (χ4v) is 3.88. The Morgan fingerprint density at radius 3 is 2.48 bits per heavy atom. The van der Waals surface area contributed by atoms with E-state index in [4.69, 9.17) is 5.11 Å². The summed E-state index contributed by atoms with van der Waals surface area (Å²) in [4.78, 5) is 23.1. The largest absolute Gasteiger partial charge is 0.481 e. The van der Waals surface area contributed by atoms with Gasteiger partial charge in [0.2, 0.25) is 5.91 Å². The number of hydrogen-bond acceptors (Lipinski definition) is 4. The zero-order valence-corrected chi connectivity index (χ0v) is 15.0. The van der Waals surface area contributed by atoms with E-state index >= 15 is 0 Å². The molecule has 0 aromatic heterocycles. The number of carboxylic acids is 1. The molecule has 1 aliphatic carbocycles. The maximum atomic E-state index is 14.0. The highest BCUT2D eigenvalue weighted by Crippen LogP contribution is 2.30. The minimum Gasteiger partial charge on any atom is -0.481 e. The number of carbonyl (C=O) groups is 2. The normalized spacial score (nSPS) is 22.2. The molecule has 25 heavy (non-hydrogen) atoms. The molecule has 0 radical (unpaired) electrons. The van der Waals surface area contributed by atoms with E-state index in [9.17, 15) is 22.4 Å². The number of amides is 1. The van der Waals surface area contributed by atoms with Crippen molar-refractivity contribution in [1.29, 1.82) is 0 Å². The van der Waals surface area contributed by atoms with Gasteiger partial charge in [0.1, 0.15) is 10.7 Å². The Hall–Kier alpha value is -1.96. The van der Waals surface area contributed by atoms with Crippen molar-refractivity contribution in [3.8, 4) is 0 Å². The van der Waals surface area contributed by atoms with Gasteiger partial charge in [-0.05, 0) is 43.9 Å². The van der Waals surface area contributed by atoms with Crippen LogP contribution < -0.4 is 5.32 Å². The second-order valence-corrected chi connectivity index (χ2v) is 8.58. The van der Waals surface area contributed by atoms with E-state index in [1.807, 2.05) is 0 Å². The maximum Gasteiger partial charge on any atom is 0.306 e. The van der Waals surface area contributed by atoms with Gasteiger partial charge in [-0.15, -0.1) is 0 Å². The van der Waals surface area contributed by atoms with Crippen LogP contribution in [0.4, 0.5) is 4.39 Å². The van der Waals surface area contributed by atoms with Crippen LogP contribution in [0.2, 0.25) is 0 Å². The van der Waals surface area contributed by atoms with Crippen LogP contribution in [0.5, 0.6) is 0 Å². The van der Waals surface area contributed by atoms with Crippen molar-refractivity contribution in [2.75, 3.05) is 6.26 Å². The Labute approximate surface area is 146 Å². The van der Waals surface area contributed by atoms with Crippen LogP contribution in [0.25, 0.3) is 0 Å². The predicted molar refractivity (Wildman–Crippen MR) is 89.2 cm³/mol. The van der Waals surface area contributed by atoms with Crippen molar-refractivity contribution in [3.05, 3.63) is 29.6 Å². The van der Waals surface area contributed by atoms with Gasteiger partial charge in [-0.25, -0.2) is 12.8 Å². The summed E-state index contributed by atoms with van der Waals surface area (Å²) in [7, 11) is -3.65. The Morgan fingerprint density at radius 2 is 1.92 bits per heavy atom. The highest BCUT2D eigenvalue weighted by atomic mass is 32.2. The molecule has 1 aliphatic rings. The molecule has 3 atom stereocenters. The monoisotopic (exact) mass is 371 g/mol. The molecule has 138 valence electrons. The van der Waals surface area contributed by atoms with Gasteiger partial charge in [-0.2, -0.15) is 0 Å². The van der Waals surface area contributed by atoms with Crippen LogP contribution in [0.1, 0.15) is 44.2 Å². The zero-order chi connectivity index (χ0) is 18.8. The van der Waals surface area contributed by atoms with Crippen molar-refractivity contribution in [1.82, 2.24) is 5.32 Å². The zero-order valence-electron chi connectivity index (χ0n) is 14.2. The van der Waals surface area contributed by atoms with E-state index in [-0.39, 0.29) is 16.7 Å². The molecular formula is C17H22FNO5S. The third-order valence-corrected chi connectivity index (χ3v) is 5.74. The summed E-state index contributed by atoms with van der Waals surface area (Å²) in [6.07, 6.45) is 3.12. The molecule has 1 saturated carbocycles. The molecule has 8 heteroatoms. The van der Waals surface area contributed by atoms with Gasteiger partial charge in [0.15, 0.2) is 9.84 Å². The number of halogens is 1. The summed E-state index contributed by atoms with van der Waals surface area (Å²) in [6.45, 7) is 1.67. The lowest BCUT2D eigenvalue weighted by Crippen LogP contribution is -2.36. The molecular weight excluding hydrogens is 349 g/mol. The number of sulfone groups is 1. The van der Waals surface area contributed by atoms with Gasteiger partial charge >= 0.3 is 5.97 Å². The molecule has 0 bridgehead atoms. The van der Waals surface area contributed by atoms with Gasteiger partial charge in [0.05, 0.1) is 12.0 Å². The summed E-state index contributed by atoms with van der Waals surface area (Å²) in [5, 5.41) is 11.9. The molecule has 2 rings (SSSR count). The molecule has 0 spiro atoms. The molecule has 1 amide bonds. The molecule has 2 N–H and O–H groups in total. The first-order valence-corrected chi connectivity index (χ1v) is 10.0. The van der Waals surface area contributed by atoms with Crippen molar-refractivity contribution in [3.63, 3.8) is 0 Å². The number of nitrogens with one attached hydrogen (secondary N) is 1. The molecule has 3 unspecified atom stereocenters. The second-order valence-electron chi connectivity index (χ2n) is 6.59. The first-order valence-electron chi connectivity index (χ1n) is 8.12.